The van der Waals surface area contributed by atoms with Crippen LogP contribution < -0.4 is 5.32 Å². The smallest absolute Gasteiger partial charge is 0.221 e. The SMILES string of the molecule is C/C=C/CCCCCCCCCCCCCCCCCC1N=CC[N+]1(CC)C(C)NC(C)=O. The van der Waals surface area contributed by atoms with Gasteiger partial charge in [-0.25, -0.2) is 4.99 Å². The summed E-state index contributed by atoms with van der Waals surface area (Å²) in [7, 11) is 0. The van der Waals surface area contributed by atoms with Crippen LogP contribution in [0, 0.1) is 0 Å². The molecular weight excluding hydrogens is 406 g/mol. The molecule has 192 valence electrons. The molecule has 0 aliphatic carbocycles. The van der Waals surface area contributed by atoms with Crippen molar-refractivity contribution in [2.24, 2.45) is 4.99 Å². The van der Waals surface area contributed by atoms with Gasteiger partial charge in [0.25, 0.3) is 0 Å². The van der Waals surface area contributed by atoms with Gasteiger partial charge in [0, 0.05) is 20.3 Å². The van der Waals surface area contributed by atoms with Gasteiger partial charge in [-0.15, -0.1) is 0 Å². The fourth-order valence-electron chi connectivity index (χ4n) is 5.41. The van der Waals surface area contributed by atoms with Gasteiger partial charge < -0.3 is 5.32 Å². The van der Waals surface area contributed by atoms with Crippen LogP contribution in [0.3, 0.4) is 0 Å². The molecule has 4 nitrogen and oxygen atoms in total. The van der Waals surface area contributed by atoms with Crippen LogP contribution in [0.1, 0.15) is 137 Å². The molecule has 1 rings (SSSR count). The zero-order valence-corrected chi connectivity index (χ0v) is 22.6. The minimum absolute atomic E-state index is 0.0605. The van der Waals surface area contributed by atoms with Gasteiger partial charge in [-0.2, -0.15) is 0 Å². The first kappa shape index (κ1) is 29.9. The molecule has 33 heavy (non-hydrogen) atoms. The van der Waals surface area contributed by atoms with Crippen molar-refractivity contribution in [3.63, 3.8) is 0 Å². The lowest BCUT2D eigenvalue weighted by molar-refractivity contribution is -0.959. The number of carbonyl (C=O) groups excluding carboxylic acids is 1. The van der Waals surface area contributed by atoms with Crippen molar-refractivity contribution in [2.45, 2.75) is 149 Å². The third-order valence-electron chi connectivity index (χ3n) is 7.63. The Morgan fingerprint density at radius 2 is 1.42 bits per heavy atom. The van der Waals surface area contributed by atoms with E-state index >= 15 is 0 Å². The Bertz CT molecular complexity index is 545. The predicted molar refractivity (Wildman–Crippen MR) is 145 cm³/mol. The minimum Gasteiger partial charge on any atom is -0.307 e. The molecule has 0 aromatic carbocycles. The summed E-state index contributed by atoms with van der Waals surface area (Å²) in [6.07, 6.45) is 30.4. The van der Waals surface area contributed by atoms with E-state index in [2.05, 4.69) is 44.5 Å². The number of carbonyl (C=O) groups is 1. The van der Waals surface area contributed by atoms with Crippen molar-refractivity contribution in [1.29, 1.82) is 0 Å². The number of nitrogens with one attached hydrogen (secondary N) is 1. The van der Waals surface area contributed by atoms with E-state index in [1.54, 1.807) is 6.92 Å². The number of rotatable bonds is 21. The molecule has 3 unspecified atom stereocenters. The summed E-state index contributed by atoms with van der Waals surface area (Å²) in [4.78, 5) is 16.3. The first-order chi connectivity index (χ1) is 16.1. The zero-order chi connectivity index (χ0) is 24.2. The fraction of sp³-hybridized carbons (Fsp3) is 0.862. The van der Waals surface area contributed by atoms with Gasteiger partial charge >= 0.3 is 0 Å². The molecule has 0 fully saturated rings. The van der Waals surface area contributed by atoms with Gasteiger partial charge in [0.05, 0.1) is 12.8 Å². The lowest BCUT2D eigenvalue weighted by Crippen LogP contribution is -2.63. The van der Waals surface area contributed by atoms with Crippen molar-refractivity contribution in [3.05, 3.63) is 12.2 Å². The van der Waals surface area contributed by atoms with Crippen LogP contribution in [-0.4, -0.2) is 42.0 Å². The Morgan fingerprint density at radius 3 is 1.88 bits per heavy atom. The third kappa shape index (κ3) is 12.8. The summed E-state index contributed by atoms with van der Waals surface area (Å²) in [5.74, 6) is 0.0605. The second-order valence-electron chi connectivity index (χ2n) is 10.2. The van der Waals surface area contributed by atoms with Gasteiger partial charge in [-0.1, -0.05) is 95.6 Å². The Hall–Kier alpha value is -1.16. The normalized spacial score (nSPS) is 21.2. The molecule has 0 saturated carbocycles. The van der Waals surface area contributed by atoms with Gasteiger partial charge in [0.15, 0.2) is 12.3 Å². The van der Waals surface area contributed by atoms with E-state index in [-0.39, 0.29) is 12.1 Å². The quantitative estimate of drug-likeness (QED) is 0.105. The van der Waals surface area contributed by atoms with Crippen LogP contribution in [-0.2, 0) is 4.79 Å². The number of allylic oxidation sites excluding steroid dienone is 2. The Labute approximate surface area is 206 Å². The van der Waals surface area contributed by atoms with Gasteiger partial charge in [0.1, 0.15) is 6.54 Å². The molecule has 0 bridgehead atoms. The molecule has 0 radical (unpaired) electrons. The maximum Gasteiger partial charge on any atom is 0.221 e. The number of unbranched alkanes of at least 4 members (excludes halogenated alkanes) is 15. The van der Waals surface area contributed by atoms with E-state index in [4.69, 9.17) is 4.99 Å². The summed E-state index contributed by atoms with van der Waals surface area (Å²) >= 11 is 0. The van der Waals surface area contributed by atoms with E-state index in [9.17, 15) is 4.79 Å². The molecule has 0 aromatic heterocycles. The summed E-state index contributed by atoms with van der Waals surface area (Å²) in [5.41, 5.74) is 0. The largest absolute Gasteiger partial charge is 0.307 e. The number of amides is 1. The van der Waals surface area contributed by atoms with Gasteiger partial charge in [0.2, 0.25) is 5.91 Å². The number of aliphatic imine (C=N–C) groups is 1. The first-order valence-corrected chi connectivity index (χ1v) is 14.3. The molecule has 4 heteroatoms. The highest BCUT2D eigenvalue weighted by atomic mass is 16.1. The molecule has 0 saturated heterocycles. The first-order valence-electron chi connectivity index (χ1n) is 14.3. The van der Waals surface area contributed by atoms with Crippen LogP contribution in [0.15, 0.2) is 17.1 Å². The van der Waals surface area contributed by atoms with Crippen molar-refractivity contribution < 1.29 is 9.28 Å². The van der Waals surface area contributed by atoms with Crippen molar-refractivity contribution in [1.82, 2.24) is 5.32 Å². The molecule has 1 heterocycles. The second kappa shape index (κ2) is 19.2. The monoisotopic (exact) mass is 462 g/mol. The highest BCUT2D eigenvalue weighted by molar-refractivity contribution is 5.73. The second-order valence-corrected chi connectivity index (χ2v) is 10.2. The van der Waals surface area contributed by atoms with Crippen molar-refractivity contribution in [2.75, 3.05) is 13.1 Å². The maximum atomic E-state index is 11.5. The van der Waals surface area contributed by atoms with E-state index in [0.29, 0.717) is 6.17 Å². The lowest BCUT2D eigenvalue weighted by atomic mass is 10.0. The predicted octanol–water partition coefficient (Wildman–Crippen LogP) is 7.92. The average molecular weight is 463 g/mol. The standard InChI is InChI=1S/C29H55N3O/c1-5-7-8-9-10-11-12-13-14-15-16-17-18-19-20-21-22-23-24-29-30-25-26-32(29,6-2)27(3)31-28(4)33/h5,7,25,27,29H,6,8-24,26H2,1-4H3/p+1/b7-5+. The average Bonchev–Trinajstić information content (AvgIpc) is 3.22. The van der Waals surface area contributed by atoms with Crippen molar-refractivity contribution >= 4 is 12.1 Å². The molecule has 3 atom stereocenters. The van der Waals surface area contributed by atoms with E-state index in [0.717, 1.165) is 24.0 Å². The van der Waals surface area contributed by atoms with E-state index in [1.807, 2.05) is 0 Å². The summed E-state index contributed by atoms with van der Waals surface area (Å²) in [5, 5.41) is 3.12. The summed E-state index contributed by atoms with van der Waals surface area (Å²) in [6, 6.07) is 0. The summed E-state index contributed by atoms with van der Waals surface area (Å²) < 4.78 is 0.885. The third-order valence-corrected chi connectivity index (χ3v) is 7.63. The van der Waals surface area contributed by atoms with Crippen LogP contribution in [0.4, 0.5) is 0 Å². The van der Waals surface area contributed by atoms with Gasteiger partial charge in [-0.3, -0.25) is 9.28 Å². The number of nitrogens with zero attached hydrogens (tertiary/aromatic N) is 2. The molecule has 1 aliphatic rings. The van der Waals surface area contributed by atoms with E-state index in [1.165, 1.54) is 103 Å². The molecule has 1 amide bonds. The van der Waals surface area contributed by atoms with Crippen LogP contribution >= 0.6 is 0 Å². The molecular formula is C29H56N3O+. The number of hydrogen-bond acceptors (Lipinski definition) is 2. The summed E-state index contributed by atoms with van der Waals surface area (Å²) in [6.45, 7) is 10.1. The van der Waals surface area contributed by atoms with E-state index < -0.39 is 0 Å². The molecule has 0 spiro atoms. The van der Waals surface area contributed by atoms with Crippen LogP contribution in [0.5, 0.6) is 0 Å². The Kier molecular flexibility index (Phi) is 17.4. The number of hydrogen-bond donors (Lipinski definition) is 1. The Morgan fingerprint density at radius 1 is 0.939 bits per heavy atom. The highest BCUT2D eigenvalue weighted by Gasteiger charge is 2.42. The zero-order valence-electron chi connectivity index (χ0n) is 22.6. The van der Waals surface area contributed by atoms with Crippen molar-refractivity contribution in [3.8, 4) is 0 Å². The molecule has 1 aliphatic heterocycles. The van der Waals surface area contributed by atoms with Gasteiger partial charge in [-0.05, 0) is 33.1 Å². The fourth-order valence-corrected chi connectivity index (χ4v) is 5.41. The molecule has 1 N–H and O–H groups in total. The Balaban J connectivity index is 1.94. The maximum absolute atomic E-state index is 11.5. The van der Waals surface area contributed by atoms with Crippen LogP contribution in [0.25, 0.3) is 0 Å². The van der Waals surface area contributed by atoms with Crippen LogP contribution in [0.2, 0.25) is 0 Å². The number of quaternary nitrogens is 1. The molecule has 0 aromatic rings. The minimum atomic E-state index is 0.0605. The topological polar surface area (TPSA) is 41.5 Å². The highest BCUT2D eigenvalue weighted by Crippen LogP contribution is 2.27. The lowest BCUT2D eigenvalue weighted by Gasteiger charge is -2.42.